The van der Waals surface area contributed by atoms with Crippen molar-refractivity contribution in [2.75, 3.05) is 52.7 Å². The number of benzene rings is 1. The molecule has 1 fully saturated rings. The van der Waals surface area contributed by atoms with Crippen LogP contribution in [0.4, 0.5) is 0 Å². The molecule has 0 bridgehead atoms. The highest BCUT2D eigenvalue weighted by atomic mass is 16.6. The fraction of sp³-hybridized carbons (Fsp3) is 0.535. The molecule has 3 amide bonds. The number of pyridine rings is 2. The number of likely N-dealkylation sites (tertiary alicyclic amines) is 1. The van der Waals surface area contributed by atoms with Crippen molar-refractivity contribution in [2.24, 2.45) is 5.73 Å². The fourth-order valence-electron chi connectivity index (χ4n) is 8.24. The molecular formula is C43H54N6O13. The molecule has 62 heavy (non-hydrogen) atoms. The number of para-hydroxylation sites is 1. The largest absolute Gasteiger partial charge is 0.481 e. The summed E-state index contributed by atoms with van der Waals surface area (Å²) < 4.78 is 29.0. The van der Waals surface area contributed by atoms with Crippen LogP contribution in [0.1, 0.15) is 75.1 Å². The summed E-state index contributed by atoms with van der Waals surface area (Å²) in [7, 11) is 0. The molecule has 1 saturated heterocycles. The number of carboxylic acids is 1. The van der Waals surface area contributed by atoms with E-state index in [1.54, 1.807) is 17.6 Å². The van der Waals surface area contributed by atoms with Crippen LogP contribution in [-0.2, 0) is 77.6 Å². The second-order valence-electron chi connectivity index (χ2n) is 15.3. The van der Waals surface area contributed by atoms with Crippen molar-refractivity contribution in [3.05, 3.63) is 62.9 Å². The number of nitrogens with zero attached hydrogens (tertiary/aromatic N) is 3. The molecule has 6 rings (SSSR count). The lowest BCUT2D eigenvalue weighted by Gasteiger charge is -2.36. The number of nitrogens with two attached hydrogens (primary N) is 1. The van der Waals surface area contributed by atoms with Gasteiger partial charge in [-0.25, -0.2) is 14.6 Å². The number of fused-ring (bicyclic) bond motifs is 5. The molecule has 3 aliphatic rings. The van der Waals surface area contributed by atoms with E-state index in [0.717, 1.165) is 22.0 Å². The normalized spacial score (nSPS) is 18.6. The van der Waals surface area contributed by atoms with Gasteiger partial charge in [0, 0.05) is 36.0 Å². The summed E-state index contributed by atoms with van der Waals surface area (Å²) in [6.45, 7) is 7.07. The van der Waals surface area contributed by atoms with E-state index in [1.807, 2.05) is 31.2 Å². The van der Waals surface area contributed by atoms with Crippen molar-refractivity contribution < 1.29 is 57.6 Å². The van der Waals surface area contributed by atoms with Crippen LogP contribution in [0, 0.1) is 0 Å². The van der Waals surface area contributed by atoms with Gasteiger partial charge in [-0.05, 0) is 50.3 Å². The van der Waals surface area contributed by atoms with Gasteiger partial charge >= 0.3 is 17.9 Å². The molecule has 1 aromatic carbocycles. The van der Waals surface area contributed by atoms with E-state index < -0.39 is 71.3 Å². The van der Waals surface area contributed by atoms with Gasteiger partial charge in [-0.2, -0.15) is 0 Å². The van der Waals surface area contributed by atoms with Crippen LogP contribution in [0.2, 0.25) is 0 Å². The maximum Gasteiger partial charge on any atom is 0.355 e. The van der Waals surface area contributed by atoms with E-state index in [2.05, 4.69) is 10.6 Å². The molecule has 19 nitrogen and oxygen atoms in total. The number of amides is 3. The molecular weight excluding hydrogens is 809 g/mol. The van der Waals surface area contributed by atoms with Crippen molar-refractivity contribution in [2.45, 2.75) is 96.2 Å². The Morgan fingerprint density at radius 1 is 1.00 bits per heavy atom. The molecule has 0 unspecified atom stereocenters. The van der Waals surface area contributed by atoms with Crippen LogP contribution in [0.25, 0.3) is 22.3 Å². The Bertz CT molecular complexity index is 2260. The number of cyclic esters (lactones) is 1. The monoisotopic (exact) mass is 862 g/mol. The third-order valence-electron chi connectivity index (χ3n) is 11.4. The fourth-order valence-corrected chi connectivity index (χ4v) is 8.24. The standard InChI is InChI=1S/C43H54N6O13/c1-4-26-27-9-6-7-10-31(27)47-37-28(26)23-49-34(37)21-30-29(39(49)54)24-61-42(57)43(30,5-2)62-41(56)25(3)45-38(53)33-11-8-14-48(33)40(55)32(22-36(51)52)46-35(50)12-15-58-17-19-60-20-18-59-16-13-44/h6-7,9-10,21,25,32-33H,4-5,8,11-20,22-24,44H2,1-3H3,(H,45,53)(H,46,50)(H,51,52)/t25-,32-,33-,43-/m0/s1. The Morgan fingerprint density at radius 2 is 1.71 bits per heavy atom. The van der Waals surface area contributed by atoms with Crippen molar-refractivity contribution in [3.63, 3.8) is 0 Å². The summed E-state index contributed by atoms with van der Waals surface area (Å²) in [4.78, 5) is 99.6. The van der Waals surface area contributed by atoms with Gasteiger partial charge in [-0.15, -0.1) is 0 Å². The zero-order valence-corrected chi connectivity index (χ0v) is 35.2. The van der Waals surface area contributed by atoms with E-state index in [0.29, 0.717) is 50.6 Å². The Balaban J connectivity index is 1.11. The number of rotatable bonds is 21. The molecule has 0 spiro atoms. The average molecular weight is 863 g/mol. The second-order valence-corrected chi connectivity index (χ2v) is 15.3. The molecule has 5 N–H and O–H groups in total. The van der Waals surface area contributed by atoms with Crippen LogP contribution in [0.15, 0.2) is 35.1 Å². The average Bonchev–Trinajstić information content (AvgIpc) is 3.90. The first-order valence-electron chi connectivity index (χ1n) is 21.0. The molecule has 3 aliphatic heterocycles. The van der Waals surface area contributed by atoms with E-state index >= 15 is 0 Å². The summed E-state index contributed by atoms with van der Waals surface area (Å²) in [5.41, 5.74) is 7.06. The number of aliphatic carboxylic acids is 1. The minimum atomic E-state index is -2.03. The van der Waals surface area contributed by atoms with Crippen molar-refractivity contribution in [1.82, 2.24) is 25.1 Å². The summed E-state index contributed by atoms with van der Waals surface area (Å²) in [5.74, 6) is -5.35. The molecule has 3 aromatic rings. The summed E-state index contributed by atoms with van der Waals surface area (Å²) in [5, 5.41) is 15.6. The number of aryl methyl sites for hydroxylation is 1. The number of hydrogen-bond acceptors (Lipinski definition) is 14. The quantitative estimate of drug-likeness (QED) is 0.0675. The Labute approximate surface area is 357 Å². The van der Waals surface area contributed by atoms with Gasteiger partial charge in [0.25, 0.3) is 5.56 Å². The van der Waals surface area contributed by atoms with Gasteiger partial charge in [-0.3, -0.25) is 24.0 Å². The zero-order chi connectivity index (χ0) is 44.6. The molecule has 4 atom stereocenters. The lowest BCUT2D eigenvalue weighted by Crippen LogP contribution is -2.56. The van der Waals surface area contributed by atoms with Crippen molar-refractivity contribution >= 4 is 46.5 Å². The topological polar surface area (TPSA) is 257 Å². The summed E-state index contributed by atoms with van der Waals surface area (Å²) >= 11 is 0. The Hall–Kier alpha value is -5.76. The van der Waals surface area contributed by atoms with Gasteiger partial charge in [0.1, 0.15) is 24.7 Å². The predicted octanol–water partition coefficient (Wildman–Crippen LogP) is 1.05. The van der Waals surface area contributed by atoms with Crippen LogP contribution in [-0.4, -0.2) is 126 Å². The summed E-state index contributed by atoms with van der Waals surface area (Å²) in [6, 6.07) is 5.46. The number of esters is 2. The molecule has 5 heterocycles. The zero-order valence-electron chi connectivity index (χ0n) is 35.2. The number of ether oxygens (including phenoxy) is 5. The first kappa shape index (κ1) is 45.8. The molecule has 19 heteroatoms. The van der Waals surface area contributed by atoms with Gasteiger partial charge in [0.15, 0.2) is 0 Å². The van der Waals surface area contributed by atoms with Crippen molar-refractivity contribution in [1.29, 1.82) is 0 Å². The maximum atomic E-state index is 14.1. The third kappa shape index (κ3) is 9.65. The number of carboxylic acid groups (broad SMARTS) is 1. The second kappa shape index (κ2) is 20.4. The lowest BCUT2D eigenvalue weighted by atomic mass is 9.85. The number of nitrogens with one attached hydrogen (secondary N) is 2. The number of carbonyl (C=O) groups excluding carboxylic acids is 5. The van der Waals surface area contributed by atoms with Gasteiger partial charge in [0.05, 0.1) is 75.1 Å². The SMILES string of the molecule is CCc1c2c(nc3ccccc13)-c1cc3c(c(=O)n1C2)COC(=O)[C@@]3(CC)OC(=O)[C@H](C)NC(=O)[C@@H]1CCCN1C(=O)[C@H](CC(=O)O)NC(=O)CCOCCOCCOCCN. The summed E-state index contributed by atoms with van der Waals surface area (Å²) in [6.07, 6.45) is 0.285. The molecule has 0 radical (unpaired) electrons. The van der Waals surface area contributed by atoms with Crippen LogP contribution >= 0.6 is 0 Å². The van der Waals surface area contributed by atoms with Crippen LogP contribution in [0.5, 0.6) is 0 Å². The lowest BCUT2D eigenvalue weighted by molar-refractivity contribution is -0.190. The van der Waals surface area contributed by atoms with Crippen LogP contribution in [0.3, 0.4) is 0 Å². The molecule has 2 aromatic heterocycles. The van der Waals surface area contributed by atoms with Crippen molar-refractivity contribution in [3.8, 4) is 11.4 Å². The number of hydrogen-bond donors (Lipinski definition) is 4. The minimum Gasteiger partial charge on any atom is -0.481 e. The molecule has 0 aliphatic carbocycles. The predicted molar refractivity (Wildman–Crippen MR) is 220 cm³/mol. The highest BCUT2D eigenvalue weighted by Crippen LogP contribution is 2.42. The van der Waals surface area contributed by atoms with E-state index in [4.69, 9.17) is 34.4 Å². The minimum absolute atomic E-state index is 0.0141. The number of carbonyl (C=O) groups is 6. The smallest absolute Gasteiger partial charge is 0.355 e. The van der Waals surface area contributed by atoms with Crippen LogP contribution < -0.4 is 21.9 Å². The van der Waals surface area contributed by atoms with E-state index in [9.17, 15) is 38.7 Å². The first-order chi connectivity index (χ1) is 29.8. The Morgan fingerprint density at radius 3 is 2.40 bits per heavy atom. The highest BCUT2D eigenvalue weighted by Gasteiger charge is 2.51. The van der Waals surface area contributed by atoms with E-state index in [1.165, 1.54) is 11.8 Å². The third-order valence-corrected chi connectivity index (χ3v) is 11.4. The van der Waals surface area contributed by atoms with Gasteiger partial charge in [-0.1, -0.05) is 32.0 Å². The van der Waals surface area contributed by atoms with Gasteiger partial charge in [0.2, 0.25) is 23.3 Å². The maximum absolute atomic E-state index is 14.1. The molecule has 0 saturated carbocycles. The van der Waals surface area contributed by atoms with E-state index in [-0.39, 0.29) is 69.9 Å². The number of aromatic nitrogens is 2. The highest BCUT2D eigenvalue weighted by molar-refractivity contribution is 5.96. The van der Waals surface area contributed by atoms with Gasteiger partial charge < -0.3 is 54.6 Å². The first-order valence-corrected chi connectivity index (χ1v) is 21.0. The molecule has 334 valence electrons. The Kier molecular flexibility index (Phi) is 15.1.